The number of allylic oxidation sites excluding steroid dienone is 1. The molecule has 0 aliphatic rings. The Hall–Kier alpha value is -2.23. The molecule has 4 nitrogen and oxygen atoms in total. The van der Waals surface area contributed by atoms with Gasteiger partial charge in [-0.15, -0.1) is 0 Å². The highest BCUT2D eigenvalue weighted by atomic mass is 16.5. The van der Waals surface area contributed by atoms with Gasteiger partial charge in [-0.2, -0.15) is 0 Å². The van der Waals surface area contributed by atoms with Gasteiger partial charge < -0.3 is 14.2 Å². The highest BCUT2D eigenvalue weighted by Gasteiger charge is 2.04. The molecule has 0 N–H and O–H groups in total. The second kappa shape index (κ2) is 8.80. The number of carbonyl (C=O) groups excluding carboxylic acids is 1. The minimum absolute atomic E-state index is 0.361. The van der Waals surface area contributed by atoms with Crippen LogP contribution in [0.3, 0.4) is 0 Å². The van der Waals surface area contributed by atoms with Crippen molar-refractivity contribution >= 4 is 12.0 Å². The zero-order chi connectivity index (χ0) is 14.8. The maximum atomic E-state index is 11.2. The molecule has 1 rings (SSSR count). The molecule has 1 aromatic rings. The summed E-state index contributed by atoms with van der Waals surface area (Å²) in [5.74, 6) is 0.930. The number of ether oxygens (including phenoxy) is 3. The van der Waals surface area contributed by atoms with E-state index in [1.165, 1.54) is 6.08 Å². The summed E-state index contributed by atoms with van der Waals surface area (Å²) in [6.45, 7) is 4.56. The molecule has 0 aliphatic heterocycles. The molecule has 0 aliphatic carbocycles. The lowest BCUT2D eigenvalue weighted by Gasteiger charge is -2.09. The van der Waals surface area contributed by atoms with Crippen molar-refractivity contribution in [1.82, 2.24) is 0 Å². The van der Waals surface area contributed by atoms with Gasteiger partial charge in [-0.3, -0.25) is 0 Å². The number of esters is 1. The summed E-state index contributed by atoms with van der Waals surface area (Å²) in [6, 6.07) is 5.47. The van der Waals surface area contributed by atoms with Crippen molar-refractivity contribution in [1.29, 1.82) is 0 Å². The first-order valence-corrected chi connectivity index (χ1v) is 6.48. The average Bonchev–Trinajstić information content (AvgIpc) is 2.46. The molecule has 0 radical (unpaired) electrons. The summed E-state index contributed by atoms with van der Waals surface area (Å²) in [6.07, 6.45) is 6.89. The number of hydrogen-bond acceptors (Lipinski definition) is 4. The fraction of sp³-hybridized carbons (Fsp3) is 0.312. The van der Waals surface area contributed by atoms with E-state index >= 15 is 0 Å². The van der Waals surface area contributed by atoms with Crippen molar-refractivity contribution in [3.05, 3.63) is 42.0 Å². The van der Waals surface area contributed by atoms with Crippen LogP contribution >= 0.6 is 0 Å². The first-order valence-electron chi connectivity index (χ1n) is 6.48. The van der Waals surface area contributed by atoms with Gasteiger partial charge >= 0.3 is 5.97 Å². The van der Waals surface area contributed by atoms with Crippen LogP contribution in [0, 0.1) is 0 Å². The quantitative estimate of drug-likeness (QED) is 0.436. The van der Waals surface area contributed by atoms with Gasteiger partial charge in [-0.25, -0.2) is 4.79 Å². The summed E-state index contributed by atoms with van der Waals surface area (Å²) in [5, 5.41) is 0. The van der Waals surface area contributed by atoms with Gasteiger partial charge in [0.2, 0.25) is 0 Å². The first kappa shape index (κ1) is 15.8. The predicted octanol–water partition coefficient (Wildman–Crippen LogP) is 3.23. The molecule has 20 heavy (non-hydrogen) atoms. The second-order valence-electron chi connectivity index (χ2n) is 3.88. The molecule has 0 unspecified atom stereocenters. The lowest BCUT2D eigenvalue weighted by Crippen LogP contribution is -1.99. The molecule has 4 heteroatoms. The van der Waals surface area contributed by atoms with Gasteiger partial charge in [-0.05, 0) is 37.6 Å². The van der Waals surface area contributed by atoms with E-state index in [1.54, 1.807) is 26.2 Å². The van der Waals surface area contributed by atoms with Crippen LogP contribution in [0.1, 0.15) is 19.4 Å². The van der Waals surface area contributed by atoms with E-state index in [2.05, 4.69) is 0 Å². The van der Waals surface area contributed by atoms with Gasteiger partial charge in [0, 0.05) is 6.08 Å². The van der Waals surface area contributed by atoms with Crippen LogP contribution in [-0.4, -0.2) is 26.3 Å². The average molecular weight is 276 g/mol. The number of benzene rings is 1. The van der Waals surface area contributed by atoms with Gasteiger partial charge in [0.25, 0.3) is 0 Å². The second-order valence-corrected chi connectivity index (χ2v) is 3.88. The fourth-order valence-electron chi connectivity index (χ4n) is 1.50. The molecule has 0 saturated heterocycles. The summed E-state index contributed by atoms with van der Waals surface area (Å²) < 4.78 is 15.7. The van der Waals surface area contributed by atoms with Crippen molar-refractivity contribution in [3.8, 4) is 11.5 Å². The monoisotopic (exact) mass is 276 g/mol. The molecular weight excluding hydrogens is 256 g/mol. The van der Waals surface area contributed by atoms with Gasteiger partial charge in [0.1, 0.15) is 6.61 Å². The standard InChI is InChI=1S/C16H20O4/c1-4-6-11-20-14-9-7-13(12-15(14)18-3)8-10-16(17)19-5-2/h4,6-10,12H,5,11H2,1-3H3. The Balaban J connectivity index is 2.78. The molecule has 0 bridgehead atoms. The lowest BCUT2D eigenvalue weighted by molar-refractivity contribution is -0.137. The summed E-state index contributed by atoms with van der Waals surface area (Å²) in [5.41, 5.74) is 0.841. The Morgan fingerprint density at radius 1 is 1.30 bits per heavy atom. The van der Waals surface area contributed by atoms with Crippen molar-refractivity contribution in [2.75, 3.05) is 20.3 Å². The highest BCUT2D eigenvalue weighted by Crippen LogP contribution is 2.28. The summed E-state index contributed by atoms with van der Waals surface area (Å²) >= 11 is 0. The number of carbonyl (C=O) groups is 1. The highest BCUT2D eigenvalue weighted by molar-refractivity contribution is 5.87. The van der Waals surface area contributed by atoms with E-state index in [0.29, 0.717) is 24.7 Å². The van der Waals surface area contributed by atoms with Crippen LogP contribution in [0.15, 0.2) is 36.4 Å². The molecule has 0 aromatic heterocycles. The van der Waals surface area contributed by atoms with Crippen LogP contribution in [0.5, 0.6) is 11.5 Å². The van der Waals surface area contributed by atoms with E-state index in [-0.39, 0.29) is 5.97 Å². The number of methoxy groups -OCH3 is 1. The zero-order valence-electron chi connectivity index (χ0n) is 12.1. The Morgan fingerprint density at radius 2 is 2.10 bits per heavy atom. The molecule has 0 atom stereocenters. The third-order valence-corrected chi connectivity index (χ3v) is 2.46. The maximum absolute atomic E-state index is 11.2. The van der Waals surface area contributed by atoms with Gasteiger partial charge in [0.15, 0.2) is 11.5 Å². The maximum Gasteiger partial charge on any atom is 0.330 e. The third kappa shape index (κ3) is 5.18. The van der Waals surface area contributed by atoms with E-state index in [0.717, 1.165) is 5.56 Å². The largest absolute Gasteiger partial charge is 0.493 e. The van der Waals surface area contributed by atoms with E-state index in [4.69, 9.17) is 14.2 Å². The fourth-order valence-corrected chi connectivity index (χ4v) is 1.50. The lowest BCUT2D eigenvalue weighted by atomic mass is 10.2. The normalized spacial score (nSPS) is 10.9. The summed E-state index contributed by atoms with van der Waals surface area (Å²) in [4.78, 5) is 11.2. The van der Waals surface area contributed by atoms with E-state index < -0.39 is 0 Å². The van der Waals surface area contributed by atoms with Crippen LogP contribution in [0.4, 0.5) is 0 Å². The summed E-state index contributed by atoms with van der Waals surface area (Å²) in [7, 11) is 1.58. The zero-order valence-corrected chi connectivity index (χ0v) is 12.1. The number of hydrogen-bond donors (Lipinski definition) is 0. The Kier molecular flexibility index (Phi) is 6.96. The topological polar surface area (TPSA) is 44.8 Å². The first-order chi connectivity index (χ1) is 9.71. The molecule has 0 fully saturated rings. The molecule has 0 heterocycles. The molecule has 0 amide bonds. The van der Waals surface area contributed by atoms with Crippen molar-refractivity contribution in [3.63, 3.8) is 0 Å². The van der Waals surface area contributed by atoms with Crippen molar-refractivity contribution in [2.45, 2.75) is 13.8 Å². The Bertz CT molecular complexity index is 489. The van der Waals surface area contributed by atoms with Crippen LogP contribution < -0.4 is 9.47 Å². The van der Waals surface area contributed by atoms with E-state index in [9.17, 15) is 4.79 Å². The van der Waals surface area contributed by atoms with Crippen molar-refractivity contribution in [2.24, 2.45) is 0 Å². The Labute approximate surface area is 119 Å². The Morgan fingerprint density at radius 3 is 2.75 bits per heavy atom. The minimum atomic E-state index is -0.361. The number of rotatable bonds is 7. The minimum Gasteiger partial charge on any atom is -0.493 e. The van der Waals surface area contributed by atoms with E-state index in [1.807, 2.05) is 31.2 Å². The van der Waals surface area contributed by atoms with Crippen LogP contribution in [-0.2, 0) is 9.53 Å². The molecule has 108 valence electrons. The van der Waals surface area contributed by atoms with Crippen molar-refractivity contribution < 1.29 is 19.0 Å². The third-order valence-electron chi connectivity index (χ3n) is 2.46. The molecule has 0 spiro atoms. The van der Waals surface area contributed by atoms with Crippen LogP contribution in [0.2, 0.25) is 0 Å². The molecular formula is C16H20O4. The van der Waals surface area contributed by atoms with Crippen LogP contribution in [0.25, 0.3) is 6.08 Å². The smallest absolute Gasteiger partial charge is 0.330 e. The molecule has 1 aromatic carbocycles. The van der Waals surface area contributed by atoms with Gasteiger partial charge in [-0.1, -0.05) is 18.2 Å². The van der Waals surface area contributed by atoms with Gasteiger partial charge in [0.05, 0.1) is 13.7 Å². The predicted molar refractivity (Wildman–Crippen MR) is 79.0 cm³/mol. The molecule has 0 saturated carbocycles. The SMILES string of the molecule is CC=CCOc1ccc(C=CC(=O)OCC)cc1OC.